The average molecular weight is 386 g/mol. The summed E-state index contributed by atoms with van der Waals surface area (Å²) in [5.41, 5.74) is 3.73. The minimum atomic E-state index is -0.0650. The van der Waals surface area contributed by atoms with E-state index in [9.17, 15) is 5.11 Å². The van der Waals surface area contributed by atoms with Crippen LogP contribution in [-0.2, 0) is 12.8 Å². The number of ether oxygens (including phenoxy) is 2. The molecule has 2 aromatic heterocycles. The smallest absolute Gasteiger partial charge is 0.216 e. The summed E-state index contributed by atoms with van der Waals surface area (Å²) in [6.45, 7) is 0. The molecule has 140 valence electrons. The van der Waals surface area contributed by atoms with E-state index >= 15 is 0 Å². The molecule has 0 spiro atoms. The lowest BCUT2D eigenvalue weighted by Crippen LogP contribution is -1.98. The summed E-state index contributed by atoms with van der Waals surface area (Å²) in [4.78, 5) is 0. The van der Waals surface area contributed by atoms with Gasteiger partial charge in [-0.15, -0.1) is 0 Å². The number of benzene rings is 1. The number of fused-ring (bicyclic) bond motifs is 1. The van der Waals surface area contributed by atoms with Crippen molar-refractivity contribution >= 4 is 18.4 Å². The van der Waals surface area contributed by atoms with Gasteiger partial charge in [0.15, 0.2) is 11.5 Å². The van der Waals surface area contributed by atoms with E-state index in [1.165, 1.54) is 18.9 Å². The fourth-order valence-corrected chi connectivity index (χ4v) is 3.35. The van der Waals surface area contributed by atoms with Gasteiger partial charge in [0.2, 0.25) is 16.3 Å². The average Bonchev–Trinajstić information content (AvgIpc) is 3.37. The highest BCUT2D eigenvalue weighted by molar-refractivity contribution is 7.71. The number of phenolic OH excluding ortho intramolecular Hbond substituents is 1. The van der Waals surface area contributed by atoms with Gasteiger partial charge in [-0.25, -0.2) is 5.10 Å². The molecule has 0 atom stereocenters. The van der Waals surface area contributed by atoms with Crippen LogP contribution in [0.5, 0.6) is 17.2 Å². The number of hydrogen-bond donors (Lipinski definition) is 3. The molecule has 27 heavy (non-hydrogen) atoms. The van der Waals surface area contributed by atoms with Gasteiger partial charge in [-0.05, 0) is 43.6 Å². The largest absolute Gasteiger partial charge is 0.502 e. The van der Waals surface area contributed by atoms with Crippen LogP contribution in [0.1, 0.15) is 23.2 Å². The maximum Gasteiger partial charge on any atom is 0.216 e. The minimum Gasteiger partial charge on any atom is -0.502 e. The Morgan fingerprint density at radius 3 is 2.63 bits per heavy atom. The highest BCUT2D eigenvalue weighted by atomic mass is 32.1. The quantitative estimate of drug-likeness (QED) is 0.458. The number of aryl methyl sites for hydroxylation is 1. The SMILES string of the molecule is COc1cc(/C=N\n2c(-c3n[nH]c4c3CCC4)n[nH]c2=S)cc(OC)c1O. The number of aromatic nitrogens is 5. The summed E-state index contributed by atoms with van der Waals surface area (Å²) in [5, 5.41) is 29.0. The first-order chi connectivity index (χ1) is 13.1. The Labute approximate surface area is 159 Å². The van der Waals surface area contributed by atoms with Crippen molar-refractivity contribution in [3.05, 3.63) is 33.7 Å². The number of aromatic amines is 2. The molecule has 0 saturated carbocycles. The maximum atomic E-state index is 10.0. The molecule has 9 nitrogen and oxygen atoms in total. The molecule has 0 bridgehead atoms. The zero-order chi connectivity index (χ0) is 19.0. The first kappa shape index (κ1) is 17.3. The standard InChI is InChI=1S/C17H18N6O3S/c1-25-12-6-9(7-13(26-2)15(12)24)8-18-23-16(21-22-17(23)27)14-10-4-3-5-11(10)19-20-14/h6-8,24H,3-5H2,1-2H3,(H,19,20)(H,22,27)/b18-8-. The van der Waals surface area contributed by atoms with Gasteiger partial charge >= 0.3 is 0 Å². The van der Waals surface area contributed by atoms with Gasteiger partial charge in [0, 0.05) is 16.8 Å². The van der Waals surface area contributed by atoms with E-state index in [2.05, 4.69) is 25.5 Å². The second-order valence-corrected chi connectivity index (χ2v) is 6.45. The van der Waals surface area contributed by atoms with Crippen molar-refractivity contribution < 1.29 is 14.6 Å². The van der Waals surface area contributed by atoms with Crippen LogP contribution in [0.25, 0.3) is 11.5 Å². The topological polar surface area (TPSA) is 113 Å². The molecule has 3 N–H and O–H groups in total. The molecule has 10 heteroatoms. The third kappa shape index (κ3) is 2.97. The summed E-state index contributed by atoms with van der Waals surface area (Å²) in [6, 6.07) is 3.30. The zero-order valence-electron chi connectivity index (χ0n) is 14.8. The Kier molecular flexibility index (Phi) is 4.40. The van der Waals surface area contributed by atoms with Crippen molar-refractivity contribution in [2.45, 2.75) is 19.3 Å². The highest BCUT2D eigenvalue weighted by Crippen LogP contribution is 2.36. The molecule has 0 unspecified atom stereocenters. The number of nitrogens with one attached hydrogen (secondary N) is 2. The number of rotatable bonds is 5. The molecule has 0 fully saturated rings. The number of methoxy groups -OCH3 is 2. The van der Waals surface area contributed by atoms with Crippen LogP contribution in [0.4, 0.5) is 0 Å². The van der Waals surface area contributed by atoms with Crippen molar-refractivity contribution in [2.24, 2.45) is 5.10 Å². The third-order valence-electron chi connectivity index (χ3n) is 4.49. The van der Waals surface area contributed by atoms with Gasteiger partial charge in [-0.1, -0.05) is 0 Å². The van der Waals surface area contributed by atoms with Gasteiger partial charge < -0.3 is 14.6 Å². The van der Waals surface area contributed by atoms with Crippen LogP contribution in [0.2, 0.25) is 0 Å². The second-order valence-electron chi connectivity index (χ2n) is 6.07. The van der Waals surface area contributed by atoms with Crippen LogP contribution in [0.15, 0.2) is 17.2 Å². The third-order valence-corrected chi connectivity index (χ3v) is 4.76. The first-order valence-electron chi connectivity index (χ1n) is 8.35. The van der Waals surface area contributed by atoms with E-state index < -0.39 is 0 Å². The van der Waals surface area contributed by atoms with Gasteiger partial charge in [0.1, 0.15) is 5.69 Å². The monoisotopic (exact) mass is 386 g/mol. The van der Waals surface area contributed by atoms with E-state index in [1.54, 1.807) is 18.3 Å². The van der Waals surface area contributed by atoms with Gasteiger partial charge in [0.25, 0.3) is 0 Å². The van der Waals surface area contributed by atoms with Crippen molar-refractivity contribution in [1.29, 1.82) is 0 Å². The highest BCUT2D eigenvalue weighted by Gasteiger charge is 2.23. The predicted octanol–water partition coefficient (Wildman–Crippen LogP) is 2.42. The first-order valence-corrected chi connectivity index (χ1v) is 8.76. The van der Waals surface area contributed by atoms with Gasteiger partial charge in [0.05, 0.1) is 20.4 Å². The molecule has 1 aromatic carbocycles. The van der Waals surface area contributed by atoms with E-state index in [4.69, 9.17) is 21.7 Å². The molecule has 1 aliphatic rings. The Balaban J connectivity index is 1.74. The fraction of sp³-hybridized carbons (Fsp3) is 0.294. The van der Waals surface area contributed by atoms with Crippen molar-refractivity contribution in [3.8, 4) is 28.8 Å². The molecular weight excluding hydrogens is 368 g/mol. The molecule has 3 aromatic rings. The predicted molar refractivity (Wildman–Crippen MR) is 101 cm³/mol. The Morgan fingerprint density at radius 2 is 1.93 bits per heavy atom. The maximum absolute atomic E-state index is 10.0. The summed E-state index contributed by atoms with van der Waals surface area (Å²) >= 11 is 5.31. The van der Waals surface area contributed by atoms with Crippen molar-refractivity contribution in [1.82, 2.24) is 25.1 Å². The summed E-state index contributed by atoms with van der Waals surface area (Å²) in [6.07, 6.45) is 4.63. The zero-order valence-corrected chi connectivity index (χ0v) is 15.6. The number of hydrogen-bond acceptors (Lipinski definition) is 7. The second kappa shape index (κ2) is 6.88. The van der Waals surface area contributed by atoms with E-state index in [-0.39, 0.29) is 17.2 Å². The Morgan fingerprint density at radius 1 is 1.19 bits per heavy atom. The Hall–Kier alpha value is -3.14. The van der Waals surface area contributed by atoms with Gasteiger partial charge in [-0.2, -0.15) is 20.0 Å². The van der Waals surface area contributed by atoms with Crippen molar-refractivity contribution in [2.75, 3.05) is 14.2 Å². The Bertz CT molecular complexity index is 1060. The molecule has 0 saturated heterocycles. The van der Waals surface area contributed by atoms with E-state index in [0.29, 0.717) is 16.2 Å². The molecule has 4 rings (SSSR count). The molecule has 0 aliphatic heterocycles. The lowest BCUT2D eigenvalue weighted by molar-refractivity contribution is 0.340. The minimum absolute atomic E-state index is 0.0650. The molecule has 0 radical (unpaired) electrons. The number of phenols is 1. The lowest BCUT2D eigenvalue weighted by atomic mass is 10.2. The van der Waals surface area contributed by atoms with Crippen LogP contribution in [0, 0.1) is 4.77 Å². The summed E-state index contributed by atoms with van der Waals surface area (Å²) in [7, 11) is 2.94. The molecule has 2 heterocycles. The van der Waals surface area contributed by atoms with Crippen LogP contribution in [0.3, 0.4) is 0 Å². The number of aromatic hydroxyl groups is 1. The van der Waals surface area contributed by atoms with Crippen LogP contribution >= 0.6 is 12.2 Å². The normalized spacial score (nSPS) is 13.3. The number of H-pyrrole nitrogens is 2. The number of nitrogens with zero attached hydrogens (tertiary/aromatic N) is 4. The van der Waals surface area contributed by atoms with Crippen LogP contribution < -0.4 is 9.47 Å². The van der Waals surface area contributed by atoms with E-state index in [0.717, 1.165) is 36.2 Å². The summed E-state index contributed by atoms with van der Waals surface area (Å²) < 4.78 is 12.2. The summed E-state index contributed by atoms with van der Waals surface area (Å²) in [5.74, 6) is 1.06. The molecule has 1 aliphatic carbocycles. The fourth-order valence-electron chi connectivity index (χ4n) is 3.17. The van der Waals surface area contributed by atoms with Crippen LogP contribution in [-0.4, -0.2) is 50.6 Å². The molecule has 0 amide bonds. The molecular formula is C17H18N6O3S. The van der Waals surface area contributed by atoms with Crippen molar-refractivity contribution in [3.63, 3.8) is 0 Å². The lowest BCUT2D eigenvalue weighted by Gasteiger charge is -2.09. The van der Waals surface area contributed by atoms with E-state index in [1.807, 2.05) is 0 Å². The van der Waals surface area contributed by atoms with Gasteiger partial charge in [-0.3, -0.25) is 5.10 Å².